The largest absolute Gasteiger partial charge is 0.454 e. The molecule has 0 saturated carbocycles. The van der Waals surface area contributed by atoms with Crippen LogP contribution in [0.1, 0.15) is 31.9 Å². The second-order valence-corrected chi connectivity index (χ2v) is 5.53. The molecule has 0 N–H and O–H groups in total. The third-order valence-corrected chi connectivity index (χ3v) is 3.12. The first-order valence-corrected chi connectivity index (χ1v) is 6.79. The zero-order chi connectivity index (χ0) is 12.3. The van der Waals surface area contributed by atoms with Crippen molar-refractivity contribution >= 4 is 15.9 Å². The van der Waals surface area contributed by atoms with Crippen LogP contribution in [0.2, 0.25) is 0 Å². The molecule has 0 fully saturated rings. The smallest absolute Gasteiger partial charge is 0.231 e. The summed E-state index contributed by atoms with van der Waals surface area (Å²) >= 11 is 3.59. The summed E-state index contributed by atoms with van der Waals surface area (Å²) in [7, 11) is 0. The highest BCUT2D eigenvalue weighted by molar-refractivity contribution is 9.09. The van der Waals surface area contributed by atoms with E-state index in [9.17, 15) is 0 Å². The van der Waals surface area contributed by atoms with Gasteiger partial charge in [0.25, 0.3) is 0 Å². The van der Waals surface area contributed by atoms with Crippen molar-refractivity contribution in [1.82, 2.24) is 0 Å². The molecule has 1 aromatic rings. The number of halogens is 1. The van der Waals surface area contributed by atoms with Gasteiger partial charge in [-0.2, -0.15) is 0 Å². The summed E-state index contributed by atoms with van der Waals surface area (Å²) in [5, 5.41) is 0. The zero-order valence-electron chi connectivity index (χ0n) is 10.1. The summed E-state index contributed by atoms with van der Waals surface area (Å²) < 4.78 is 16.5. The number of fused-ring (bicyclic) bond motifs is 1. The van der Waals surface area contributed by atoms with Gasteiger partial charge < -0.3 is 14.2 Å². The van der Waals surface area contributed by atoms with Crippen LogP contribution in [0.3, 0.4) is 0 Å². The van der Waals surface area contributed by atoms with Crippen molar-refractivity contribution < 1.29 is 14.2 Å². The SMILES string of the molecule is CCCOC(c1ccc2c(c1)OCO2)C(C)Br. The molecule has 2 atom stereocenters. The standard InChI is InChI=1S/C13H17BrO3/c1-3-6-15-13(9(2)14)10-4-5-11-12(7-10)17-8-16-11/h4-5,7,9,13H,3,6,8H2,1-2H3. The molecule has 1 aliphatic rings. The van der Waals surface area contributed by atoms with Crippen molar-refractivity contribution in [2.45, 2.75) is 31.2 Å². The highest BCUT2D eigenvalue weighted by Gasteiger charge is 2.21. The first kappa shape index (κ1) is 12.7. The van der Waals surface area contributed by atoms with Gasteiger partial charge in [-0.15, -0.1) is 0 Å². The normalized spacial score (nSPS) is 16.9. The Balaban J connectivity index is 2.17. The van der Waals surface area contributed by atoms with Gasteiger partial charge in [-0.1, -0.05) is 28.9 Å². The number of rotatable bonds is 5. The molecule has 0 amide bonds. The maximum absolute atomic E-state index is 5.86. The quantitative estimate of drug-likeness (QED) is 0.777. The summed E-state index contributed by atoms with van der Waals surface area (Å²) in [6.07, 6.45) is 1.06. The first-order valence-electron chi connectivity index (χ1n) is 5.87. The molecule has 0 radical (unpaired) electrons. The molecule has 1 heterocycles. The van der Waals surface area contributed by atoms with Crippen molar-refractivity contribution in [2.24, 2.45) is 0 Å². The van der Waals surface area contributed by atoms with Crippen LogP contribution >= 0.6 is 15.9 Å². The van der Waals surface area contributed by atoms with E-state index < -0.39 is 0 Å². The number of hydrogen-bond donors (Lipinski definition) is 0. The van der Waals surface area contributed by atoms with Gasteiger partial charge >= 0.3 is 0 Å². The number of benzene rings is 1. The Morgan fingerprint density at radius 2 is 2.12 bits per heavy atom. The Labute approximate surface area is 110 Å². The molecule has 3 nitrogen and oxygen atoms in total. The monoisotopic (exact) mass is 300 g/mol. The van der Waals surface area contributed by atoms with Crippen LogP contribution in [0.4, 0.5) is 0 Å². The average molecular weight is 301 g/mol. The summed E-state index contributed by atoms with van der Waals surface area (Å²) in [5.41, 5.74) is 1.12. The van der Waals surface area contributed by atoms with Gasteiger partial charge in [0, 0.05) is 11.4 Å². The van der Waals surface area contributed by atoms with E-state index in [0.717, 1.165) is 30.1 Å². The predicted octanol–water partition coefficient (Wildman–Crippen LogP) is 3.67. The second kappa shape index (κ2) is 5.74. The van der Waals surface area contributed by atoms with Crippen LogP contribution in [0.5, 0.6) is 11.5 Å². The lowest BCUT2D eigenvalue weighted by Crippen LogP contribution is -2.13. The van der Waals surface area contributed by atoms with Crippen LogP contribution < -0.4 is 9.47 Å². The molecule has 1 aliphatic heterocycles. The summed E-state index contributed by atoms with van der Waals surface area (Å²) in [6, 6.07) is 5.97. The zero-order valence-corrected chi connectivity index (χ0v) is 11.7. The van der Waals surface area contributed by atoms with Gasteiger partial charge in [0.1, 0.15) is 0 Å². The van der Waals surface area contributed by atoms with Crippen molar-refractivity contribution in [3.8, 4) is 11.5 Å². The third kappa shape index (κ3) is 2.93. The van der Waals surface area contributed by atoms with E-state index in [0.29, 0.717) is 6.79 Å². The topological polar surface area (TPSA) is 27.7 Å². The molecule has 0 bridgehead atoms. The van der Waals surface area contributed by atoms with Crippen LogP contribution in [-0.4, -0.2) is 18.2 Å². The number of ether oxygens (including phenoxy) is 3. The second-order valence-electron chi connectivity index (χ2n) is 4.08. The number of alkyl halides is 1. The lowest BCUT2D eigenvalue weighted by molar-refractivity contribution is 0.0554. The van der Waals surface area contributed by atoms with Gasteiger partial charge in [0.2, 0.25) is 6.79 Å². The Hall–Kier alpha value is -0.740. The van der Waals surface area contributed by atoms with Gasteiger partial charge in [0.05, 0.1) is 6.10 Å². The summed E-state index contributed by atoms with van der Waals surface area (Å²) in [4.78, 5) is 0.259. The molecule has 0 saturated heterocycles. The Kier molecular flexibility index (Phi) is 4.29. The molecule has 17 heavy (non-hydrogen) atoms. The fourth-order valence-electron chi connectivity index (χ4n) is 1.83. The van der Waals surface area contributed by atoms with Crippen molar-refractivity contribution in [2.75, 3.05) is 13.4 Å². The minimum atomic E-state index is 0.0458. The maximum Gasteiger partial charge on any atom is 0.231 e. The van der Waals surface area contributed by atoms with Crippen LogP contribution in [0, 0.1) is 0 Å². The fourth-order valence-corrected chi connectivity index (χ4v) is 2.29. The third-order valence-electron chi connectivity index (χ3n) is 2.64. The summed E-state index contributed by atoms with van der Waals surface area (Å²) in [5.74, 6) is 1.62. The van der Waals surface area contributed by atoms with Gasteiger partial charge in [-0.05, 0) is 31.0 Å². The molecular formula is C13H17BrO3. The molecule has 0 aliphatic carbocycles. The van der Waals surface area contributed by atoms with E-state index in [2.05, 4.69) is 29.8 Å². The van der Waals surface area contributed by atoms with Gasteiger partial charge in [0.15, 0.2) is 11.5 Å². The molecule has 2 rings (SSSR count). The highest BCUT2D eigenvalue weighted by atomic mass is 79.9. The van der Waals surface area contributed by atoms with Crippen molar-refractivity contribution in [3.63, 3.8) is 0 Å². The lowest BCUT2D eigenvalue weighted by atomic mass is 10.1. The van der Waals surface area contributed by atoms with E-state index in [1.807, 2.05) is 18.2 Å². The average Bonchev–Trinajstić information content (AvgIpc) is 2.76. The van der Waals surface area contributed by atoms with E-state index in [1.54, 1.807) is 0 Å². The highest BCUT2D eigenvalue weighted by Crippen LogP contribution is 2.36. The first-order chi connectivity index (χ1) is 8.22. The molecule has 0 spiro atoms. The van der Waals surface area contributed by atoms with Crippen LogP contribution in [-0.2, 0) is 4.74 Å². The minimum absolute atomic E-state index is 0.0458. The maximum atomic E-state index is 5.86. The van der Waals surface area contributed by atoms with E-state index in [1.165, 1.54) is 0 Å². The van der Waals surface area contributed by atoms with Crippen LogP contribution in [0.15, 0.2) is 18.2 Å². The fraction of sp³-hybridized carbons (Fsp3) is 0.538. The van der Waals surface area contributed by atoms with Crippen molar-refractivity contribution in [1.29, 1.82) is 0 Å². The molecule has 4 heteroatoms. The minimum Gasteiger partial charge on any atom is -0.454 e. The van der Waals surface area contributed by atoms with Gasteiger partial charge in [-0.3, -0.25) is 0 Å². The molecule has 0 aromatic heterocycles. The Morgan fingerprint density at radius 1 is 1.35 bits per heavy atom. The Morgan fingerprint density at radius 3 is 2.82 bits per heavy atom. The van der Waals surface area contributed by atoms with Crippen LogP contribution in [0.25, 0.3) is 0 Å². The molecule has 1 aromatic carbocycles. The predicted molar refractivity (Wildman–Crippen MR) is 69.9 cm³/mol. The van der Waals surface area contributed by atoms with E-state index >= 15 is 0 Å². The lowest BCUT2D eigenvalue weighted by Gasteiger charge is -2.20. The van der Waals surface area contributed by atoms with Gasteiger partial charge in [-0.25, -0.2) is 0 Å². The molecule has 2 unspecified atom stereocenters. The molecular weight excluding hydrogens is 284 g/mol. The number of hydrogen-bond acceptors (Lipinski definition) is 3. The van der Waals surface area contributed by atoms with Crippen molar-refractivity contribution in [3.05, 3.63) is 23.8 Å². The van der Waals surface area contributed by atoms with E-state index in [4.69, 9.17) is 14.2 Å². The molecule has 94 valence electrons. The Bertz CT molecular complexity index is 379. The summed E-state index contributed by atoms with van der Waals surface area (Å²) in [6.45, 7) is 5.26. The van der Waals surface area contributed by atoms with E-state index in [-0.39, 0.29) is 10.9 Å².